The fourth-order valence-electron chi connectivity index (χ4n) is 1.77. The lowest BCUT2D eigenvalue weighted by Gasteiger charge is -2.09. The molecule has 120 valence electrons. The summed E-state index contributed by atoms with van der Waals surface area (Å²) in [6.07, 6.45) is 4.34. The number of carbonyl (C=O) groups is 1. The number of aromatic nitrogens is 1. The van der Waals surface area contributed by atoms with Crippen molar-refractivity contribution in [1.29, 1.82) is 0 Å². The predicted octanol–water partition coefficient (Wildman–Crippen LogP) is 2.76. The van der Waals surface area contributed by atoms with E-state index >= 15 is 0 Å². The average Bonchev–Trinajstić information content (AvgIpc) is 2.53. The van der Waals surface area contributed by atoms with Crippen LogP contribution in [0.25, 0.3) is 0 Å². The molecule has 0 fully saturated rings. The van der Waals surface area contributed by atoms with Crippen molar-refractivity contribution in [3.05, 3.63) is 65.9 Å². The molecule has 1 aromatic carbocycles. The summed E-state index contributed by atoms with van der Waals surface area (Å²) in [7, 11) is 3.58. The molecule has 0 aliphatic rings. The zero-order chi connectivity index (χ0) is 16.8. The SMILES string of the molecule is CN(C)/C=C/C(=O)c1cc(OCc2ccc(F)nc2)ccc1O. The zero-order valence-electron chi connectivity index (χ0n) is 12.9. The molecule has 0 unspecified atom stereocenters. The Hall–Kier alpha value is -2.89. The molecule has 2 rings (SSSR count). The van der Waals surface area contributed by atoms with Crippen molar-refractivity contribution in [2.45, 2.75) is 6.61 Å². The first kappa shape index (κ1) is 16.5. The van der Waals surface area contributed by atoms with Crippen molar-refractivity contribution in [2.75, 3.05) is 14.1 Å². The third-order valence-corrected chi connectivity index (χ3v) is 2.95. The lowest BCUT2D eigenvalue weighted by Crippen LogP contribution is -2.04. The van der Waals surface area contributed by atoms with E-state index in [1.165, 1.54) is 30.5 Å². The smallest absolute Gasteiger partial charge is 0.212 e. The van der Waals surface area contributed by atoms with E-state index in [4.69, 9.17) is 4.74 Å². The first-order valence-corrected chi connectivity index (χ1v) is 6.91. The van der Waals surface area contributed by atoms with Crippen LogP contribution in [0.5, 0.6) is 11.5 Å². The second-order valence-electron chi connectivity index (χ2n) is 5.10. The van der Waals surface area contributed by atoms with Crippen LogP contribution in [0.15, 0.2) is 48.8 Å². The number of phenols is 1. The largest absolute Gasteiger partial charge is 0.507 e. The molecule has 0 radical (unpaired) electrons. The molecule has 23 heavy (non-hydrogen) atoms. The van der Waals surface area contributed by atoms with Crippen LogP contribution in [0.1, 0.15) is 15.9 Å². The van der Waals surface area contributed by atoms with Crippen molar-refractivity contribution < 1.29 is 19.0 Å². The maximum absolute atomic E-state index is 12.7. The number of phenolic OH excluding ortho intramolecular Hbond substituents is 1. The number of halogens is 1. The number of hydrogen-bond acceptors (Lipinski definition) is 5. The minimum absolute atomic E-state index is 0.116. The number of nitrogens with zero attached hydrogens (tertiary/aromatic N) is 2. The van der Waals surface area contributed by atoms with Crippen molar-refractivity contribution in [1.82, 2.24) is 9.88 Å². The van der Waals surface area contributed by atoms with Crippen molar-refractivity contribution in [3.63, 3.8) is 0 Å². The van der Waals surface area contributed by atoms with Gasteiger partial charge in [-0.1, -0.05) is 0 Å². The van der Waals surface area contributed by atoms with Gasteiger partial charge in [0.25, 0.3) is 0 Å². The van der Waals surface area contributed by atoms with E-state index in [9.17, 15) is 14.3 Å². The zero-order valence-corrected chi connectivity index (χ0v) is 12.9. The monoisotopic (exact) mass is 316 g/mol. The Morgan fingerprint density at radius 1 is 1.35 bits per heavy atom. The fourth-order valence-corrected chi connectivity index (χ4v) is 1.77. The Balaban J connectivity index is 2.10. The quantitative estimate of drug-likeness (QED) is 0.504. The van der Waals surface area contributed by atoms with Crippen LogP contribution in [-0.4, -0.2) is 34.9 Å². The Morgan fingerprint density at radius 2 is 2.13 bits per heavy atom. The molecule has 0 saturated heterocycles. The fraction of sp³-hybridized carbons (Fsp3) is 0.176. The van der Waals surface area contributed by atoms with Gasteiger partial charge in [0.2, 0.25) is 5.95 Å². The van der Waals surface area contributed by atoms with Crippen molar-refractivity contribution in [2.24, 2.45) is 0 Å². The van der Waals surface area contributed by atoms with Crippen LogP contribution in [0.3, 0.4) is 0 Å². The van der Waals surface area contributed by atoms with Gasteiger partial charge in [-0.25, -0.2) is 4.98 Å². The summed E-state index contributed by atoms with van der Waals surface area (Å²) in [4.78, 5) is 17.3. The van der Waals surface area contributed by atoms with E-state index in [0.717, 1.165) is 0 Å². The molecule has 0 aliphatic carbocycles. The average molecular weight is 316 g/mol. The first-order chi connectivity index (χ1) is 11.0. The number of benzene rings is 1. The number of pyridine rings is 1. The first-order valence-electron chi connectivity index (χ1n) is 6.91. The maximum atomic E-state index is 12.7. The summed E-state index contributed by atoms with van der Waals surface area (Å²) >= 11 is 0. The lowest BCUT2D eigenvalue weighted by molar-refractivity contribution is 0.104. The van der Waals surface area contributed by atoms with E-state index in [0.29, 0.717) is 11.3 Å². The van der Waals surface area contributed by atoms with Gasteiger partial charge >= 0.3 is 0 Å². The van der Waals surface area contributed by atoms with Crippen molar-refractivity contribution >= 4 is 5.78 Å². The highest BCUT2D eigenvalue weighted by Crippen LogP contribution is 2.24. The number of carbonyl (C=O) groups excluding carboxylic acids is 1. The van der Waals surface area contributed by atoms with Gasteiger partial charge in [0, 0.05) is 38.1 Å². The summed E-state index contributed by atoms with van der Waals surface area (Å²) in [6.45, 7) is 0.180. The summed E-state index contributed by atoms with van der Waals surface area (Å²) < 4.78 is 18.3. The minimum Gasteiger partial charge on any atom is -0.507 e. The van der Waals surface area contributed by atoms with E-state index in [1.807, 2.05) is 0 Å². The van der Waals surface area contributed by atoms with Crippen molar-refractivity contribution in [3.8, 4) is 11.5 Å². The Bertz CT molecular complexity index is 712. The molecule has 1 heterocycles. The number of ether oxygens (including phenoxy) is 1. The molecule has 0 bridgehead atoms. The number of aromatic hydroxyl groups is 1. The molecule has 0 spiro atoms. The van der Waals surface area contributed by atoms with Crippen LogP contribution >= 0.6 is 0 Å². The lowest BCUT2D eigenvalue weighted by atomic mass is 10.1. The molecule has 1 aromatic heterocycles. The summed E-state index contributed by atoms with van der Waals surface area (Å²) in [5, 5.41) is 9.81. The van der Waals surface area contributed by atoms with Gasteiger partial charge in [-0.15, -0.1) is 0 Å². The Kier molecular flexibility index (Phi) is 5.30. The third kappa shape index (κ3) is 4.81. The van der Waals surface area contributed by atoms with Gasteiger partial charge in [-0.2, -0.15) is 4.39 Å². The second-order valence-corrected chi connectivity index (χ2v) is 5.10. The second kappa shape index (κ2) is 7.40. The van der Waals surface area contributed by atoms with Gasteiger partial charge in [0.15, 0.2) is 5.78 Å². The van der Waals surface area contributed by atoms with Gasteiger partial charge in [-0.05, 0) is 30.3 Å². The normalized spacial score (nSPS) is 10.7. The molecule has 0 amide bonds. The summed E-state index contributed by atoms with van der Waals surface area (Å²) in [5.74, 6) is -0.577. The summed E-state index contributed by atoms with van der Waals surface area (Å²) in [6, 6.07) is 7.23. The third-order valence-electron chi connectivity index (χ3n) is 2.95. The number of hydrogen-bond donors (Lipinski definition) is 1. The van der Waals surface area contributed by atoms with Gasteiger partial charge in [0.1, 0.15) is 18.1 Å². The standard InChI is InChI=1S/C17H17FN2O3/c1-20(2)8-7-16(22)14-9-13(4-5-15(14)21)23-11-12-3-6-17(18)19-10-12/h3-10,21H,11H2,1-2H3/b8-7+. The molecular formula is C17H17FN2O3. The molecule has 2 aromatic rings. The van der Waals surface area contributed by atoms with Crippen LogP contribution in [0.4, 0.5) is 4.39 Å². The molecule has 0 aliphatic heterocycles. The highest BCUT2D eigenvalue weighted by Gasteiger charge is 2.10. The van der Waals surface area contributed by atoms with E-state index in [1.54, 1.807) is 37.3 Å². The number of allylic oxidation sites excluding steroid dienone is 1. The molecule has 6 heteroatoms. The Morgan fingerprint density at radius 3 is 2.78 bits per heavy atom. The predicted molar refractivity (Wildman–Crippen MR) is 83.8 cm³/mol. The van der Waals surface area contributed by atoms with Crippen LogP contribution in [0.2, 0.25) is 0 Å². The van der Waals surface area contributed by atoms with Gasteiger partial charge < -0.3 is 14.7 Å². The molecule has 5 nitrogen and oxygen atoms in total. The maximum Gasteiger partial charge on any atom is 0.212 e. The molecule has 1 N–H and O–H groups in total. The topological polar surface area (TPSA) is 62.7 Å². The van der Waals surface area contributed by atoms with Gasteiger partial charge in [-0.3, -0.25) is 4.79 Å². The minimum atomic E-state index is -0.557. The van der Waals surface area contributed by atoms with Crippen LogP contribution in [0, 0.1) is 5.95 Å². The van der Waals surface area contributed by atoms with E-state index in [2.05, 4.69) is 4.98 Å². The highest BCUT2D eigenvalue weighted by atomic mass is 19.1. The van der Waals surface area contributed by atoms with Crippen LogP contribution < -0.4 is 4.74 Å². The summed E-state index contributed by atoms with van der Waals surface area (Å²) in [5.41, 5.74) is 0.845. The molecule has 0 saturated carbocycles. The number of rotatable bonds is 6. The van der Waals surface area contributed by atoms with Gasteiger partial charge in [0.05, 0.1) is 5.56 Å². The molecular weight excluding hydrogens is 299 g/mol. The highest BCUT2D eigenvalue weighted by molar-refractivity contribution is 6.06. The van der Waals surface area contributed by atoms with E-state index in [-0.39, 0.29) is 23.7 Å². The van der Waals surface area contributed by atoms with E-state index < -0.39 is 5.95 Å². The number of ketones is 1. The van der Waals surface area contributed by atoms with Crippen LogP contribution in [-0.2, 0) is 6.61 Å². The molecule has 0 atom stereocenters. The Labute approximate surface area is 133 Å².